The summed E-state index contributed by atoms with van der Waals surface area (Å²) in [6.07, 6.45) is 5.73. The quantitative estimate of drug-likeness (QED) is 0.675. The molecule has 0 bridgehead atoms. The van der Waals surface area contributed by atoms with Gasteiger partial charge >= 0.3 is 0 Å². The molecule has 0 fully saturated rings. The van der Waals surface area contributed by atoms with E-state index in [1.807, 2.05) is 34.5 Å². The Bertz CT molecular complexity index is 868. The van der Waals surface area contributed by atoms with Crippen LogP contribution in [-0.2, 0) is 13.0 Å². The maximum Gasteiger partial charge on any atom is 0.273 e. The molecule has 130 valence electrons. The second kappa shape index (κ2) is 7.61. The van der Waals surface area contributed by atoms with Crippen molar-refractivity contribution in [3.05, 3.63) is 63.9 Å². The summed E-state index contributed by atoms with van der Waals surface area (Å²) < 4.78 is 1.85. The van der Waals surface area contributed by atoms with Crippen molar-refractivity contribution < 1.29 is 4.79 Å². The van der Waals surface area contributed by atoms with E-state index in [1.54, 1.807) is 29.5 Å². The number of para-hydroxylation sites is 1. The summed E-state index contributed by atoms with van der Waals surface area (Å²) in [5, 5.41) is 7.29. The number of benzene rings is 1. The average molecular weight is 354 g/mol. The number of rotatable bonds is 6. The van der Waals surface area contributed by atoms with E-state index in [0.717, 1.165) is 34.7 Å². The molecule has 0 spiro atoms. The molecule has 5 nitrogen and oxygen atoms in total. The molecule has 0 atom stereocenters. The first-order valence-electron chi connectivity index (χ1n) is 8.38. The van der Waals surface area contributed by atoms with Crippen LogP contribution in [0.1, 0.15) is 40.0 Å². The van der Waals surface area contributed by atoms with Gasteiger partial charge in [-0.15, -0.1) is 11.3 Å². The first-order chi connectivity index (χ1) is 12.1. The van der Waals surface area contributed by atoms with Crippen molar-refractivity contribution in [1.29, 1.82) is 0 Å². The molecule has 0 aliphatic carbocycles. The number of aromatic nitrogens is 3. The maximum atomic E-state index is 12.5. The van der Waals surface area contributed by atoms with Gasteiger partial charge in [0.1, 0.15) is 5.69 Å². The van der Waals surface area contributed by atoms with E-state index in [-0.39, 0.29) is 5.91 Å². The van der Waals surface area contributed by atoms with Gasteiger partial charge in [-0.25, -0.2) is 9.67 Å². The standard InChI is InChI=1S/C19H22N4OS/c1-4-7-18-21-16(13-25-18)19(24)22(3)11-15-10-20-23(12-15)17-9-6-5-8-14(17)2/h5-6,8-10,12-13H,4,7,11H2,1-3H3. The van der Waals surface area contributed by atoms with Crippen molar-refractivity contribution in [3.63, 3.8) is 0 Å². The van der Waals surface area contributed by atoms with E-state index in [0.29, 0.717) is 12.2 Å². The van der Waals surface area contributed by atoms with E-state index in [9.17, 15) is 4.79 Å². The third-order valence-corrected chi connectivity index (χ3v) is 4.91. The van der Waals surface area contributed by atoms with E-state index in [1.165, 1.54) is 0 Å². The monoisotopic (exact) mass is 354 g/mol. The van der Waals surface area contributed by atoms with E-state index >= 15 is 0 Å². The zero-order valence-corrected chi connectivity index (χ0v) is 15.6. The highest BCUT2D eigenvalue weighted by molar-refractivity contribution is 7.09. The summed E-state index contributed by atoms with van der Waals surface area (Å²) in [6.45, 7) is 4.68. The van der Waals surface area contributed by atoms with Crippen LogP contribution in [0.2, 0.25) is 0 Å². The number of hydrogen-bond acceptors (Lipinski definition) is 4. The topological polar surface area (TPSA) is 51.0 Å². The molecule has 0 unspecified atom stereocenters. The Morgan fingerprint density at radius 3 is 2.88 bits per heavy atom. The average Bonchev–Trinajstić information content (AvgIpc) is 3.25. The second-order valence-corrected chi connectivity index (χ2v) is 7.06. The lowest BCUT2D eigenvalue weighted by molar-refractivity contribution is 0.0780. The van der Waals surface area contributed by atoms with Crippen molar-refractivity contribution in [2.45, 2.75) is 33.2 Å². The molecular weight excluding hydrogens is 332 g/mol. The number of nitrogens with zero attached hydrogens (tertiary/aromatic N) is 4. The van der Waals surface area contributed by atoms with Gasteiger partial charge in [0.2, 0.25) is 0 Å². The Hall–Kier alpha value is -2.47. The summed E-state index contributed by atoms with van der Waals surface area (Å²) in [7, 11) is 1.80. The largest absolute Gasteiger partial charge is 0.336 e. The van der Waals surface area contributed by atoms with Gasteiger partial charge in [0, 0.05) is 30.7 Å². The second-order valence-electron chi connectivity index (χ2n) is 6.12. The van der Waals surface area contributed by atoms with Crippen molar-refractivity contribution in [1.82, 2.24) is 19.7 Å². The molecule has 0 saturated heterocycles. The van der Waals surface area contributed by atoms with E-state index in [2.05, 4.69) is 30.0 Å². The molecule has 2 aromatic heterocycles. The molecule has 0 aliphatic rings. The smallest absolute Gasteiger partial charge is 0.273 e. The Kier molecular flexibility index (Phi) is 5.28. The Morgan fingerprint density at radius 1 is 1.32 bits per heavy atom. The minimum atomic E-state index is -0.0535. The third-order valence-electron chi connectivity index (χ3n) is 4.00. The highest BCUT2D eigenvalue weighted by atomic mass is 32.1. The van der Waals surface area contributed by atoms with Gasteiger partial charge in [-0.3, -0.25) is 4.79 Å². The van der Waals surface area contributed by atoms with Gasteiger partial charge in [-0.1, -0.05) is 25.1 Å². The lowest BCUT2D eigenvalue weighted by atomic mass is 10.2. The summed E-state index contributed by atoms with van der Waals surface area (Å²) in [6, 6.07) is 8.10. The zero-order valence-electron chi connectivity index (χ0n) is 14.8. The van der Waals surface area contributed by atoms with Crippen LogP contribution in [0.4, 0.5) is 0 Å². The van der Waals surface area contributed by atoms with Crippen molar-refractivity contribution in [3.8, 4) is 5.69 Å². The van der Waals surface area contributed by atoms with Crippen LogP contribution in [0.3, 0.4) is 0 Å². The predicted octanol–water partition coefficient (Wildman–Crippen LogP) is 3.86. The number of carbonyl (C=O) groups is 1. The molecule has 6 heteroatoms. The van der Waals surface area contributed by atoms with Crippen LogP contribution < -0.4 is 0 Å². The van der Waals surface area contributed by atoms with Crippen molar-refractivity contribution in [2.75, 3.05) is 7.05 Å². The third kappa shape index (κ3) is 3.96. The van der Waals surface area contributed by atoms with Crippen molar-refractivity contribution >= 4 is 17.2 Å². The molecule has 0 N–H and O–H groups in total. The highest BCUT2D eigenvalue weighted by Gasteiger charge is 2.16. The SMILES string of the molecule is CCCc1nc(C(=O)N(C)Cc2cnn(-c3ccccc3C)c2)cs1. The van der Waals surface area contributed by atoms with Gasteiger partial charge in [0.25, 0.3) is 5.91 Å². The number of thiazole rings is 1. The molecule has 0 saturated carbocycles. The van der Waals surface area contributed by atoms with Crippen LogP contribution >= 0.6 is 11.3 Å². The highest BCUT2D eigenvalue weighted by Crippen LogP contribution is 2.16. The van der Waals surface area contributed by atoms with Crippen LogP contribution in [0.5, 0.6) is 0 Å². The first-order valence-corrected chi connectivity index (χ1v) is 9.26. The summed E-state index contributed by atoms with van der Waals surface area (Å²) in [5.74, 6) is -0.0535. The van der Waals surface area contributed by atoms with Crippen LogP contribution in [-0.4, -0.2) is 32.6 Å². The summed E-state index contributed by atoms with van der Waals surface area (Å²) in [5.41, 5.74) is 3.73. The number of carbonyl (C=O) groups excluding carboxylic acids is 1. The lowest BCUT2D eigenvalue weighted by Crippen LogP contribution is -2.26. The minimum Gasteiger partial charge on any atom is -0.336 e. The predicted molar refractivity (Wildman–Crippen MR) is 100 cm³/mol. The summed E-state index contributed by atoms with van der Waals surface area (Å²) in [4.78, 5) is 18.7. The molecule has 0 aliphatic heterocycles. The van der Waals surface area contributed by atoms with Gasteiger partial charge in [0.05, 0.1) is 16.9 Å². The number of hydrogen-bond donors (Lipinski definition) is 0. The lowest BCUT2D eigenvalue weighted by Gasteiger charge is -2.14. The fraction of sp³-hybridized carbons (Fsp3) is 0.316. The number of aryl methyl sites for hydroxylation is 2. The van der Waals surface area contributed by atoms with Gasteiger partial charge in [-0.2, -0.15) is 5.10 Å². The number of amides is 1. The molecule has 0 radical (unpaired) electrons. The molecular formula is C19H22N4OS. The maximum absolute atomic E-state index is 12.5. The van der Waals surface area contributed by atoms with Crippen LogP contribution in [0.25, 0.3) is 5.69 Å². The van der Waals surface area contributed by atoms with E-state index in [4.69, 9.17) is 0 Å². The van der Waals surface area contributed by atoms with Crippen molar-refractivity contribution in [2.24, 2.45) is 0 Å². The molecule has 25 heavy (non-hydrogen) atoms. The first kappa shape index (κ1) is 17.4. The van der Waals surface area contributed by atoms with Crippen LogP contribution in [0.15, 0.2) is 42.0 Å². The summed E-state index contributed by atoms with van der Waals surface area (Å²) >= 11 is 1.55. The molecule has 1 aromatic carbocycles. The Balaban J connectivity index is 1.69. The molecule has 3 aromatic rings. The van der Waals surface area contributed by atoms with Gasteiger partial charge in [0.15, 0.2) is 0 Å². The van der Waals surface area contributed by atoms with Gasteiger partial charge in [-0.05, 0) is 31.4 Å². The van der Waals surface area contributed by atoms with Gasteiger partial charge < -0.3 is 4.90 Å². The normalized spacial score (nSPS) is 10.8. The van der Waals surface area contributed by atoms with Crippen LogP contribution in [0, 0.1) is 6.92 Å². The Labute approximate surface area is 151 Å². The fourth-order valence-electron chi connectivity index (χ4n) is 2.67. The van der Waals surface area contributed by atoms with E-state index < -0.39 is 0 Å². The fourth-order valence-corrected chi connectivity index (χ4v) is 3.55. The Morgan fingerprint density at radius 2 is 2.12 bits per heavy atom. The molecule has 3 rings (SSSR count). The zero-order chi connectivity index (χ0) is 17.8. The minimum absolute atomic E-state index is 0.0535. The molecule has 2 heterocycles. The molecule has 1 amide bonds.